The normalized spacial score (nSPS) is 19.9. The van der Waals surface area contributed by atoms with E-state index in [0.29, 0.717) is 27.7 Å². The number of nitrogens with zero attached hydrogens (tertiary/aromatic N) is 3. The third-order valence-corrected chi connectivity index (χ3v) is 4.23. The first-order valence-electron chi connectivity index (χ1n) is 7.21. The van der Waals surface area contributed by atoms with E-state index in [2.05, 4.69) is 10.0 Å². The van der Waals surface area contributed by atoms with E-state index in [1.54, 1.807) is 0 Å². The predicted octanol–water partition coefficient (Wildman–Crippen LogP) is -2.90. The molecule has 0 bridgehead atoms. The van der Waals surface area contributed by atoms with Gasteiger partial charge in [-0.3, -0.25) is 24.0 Å². The minimum absolute atomic E-state index is 0.406. The smallest absolute Gasteiger partial charge is 0.240 e. The molecule has 0 heterocycles. The summed E-state index contributed by atoms with van der Waals surface area (Å²) in [6.45, 7) is 0.0322. The van der Waals surface area contributed by atoms with Crippen LogP contribution < -0.4 is 0 Å². The van der Waals surface area contributed by atoms with Crippen LogP contribution in [0.4, 0.5) is 0 Å². The zero-order chi connectivity index (χ0) is 22.0. The molecule has 0 aliphatic rings. The number of aliphatic hydroxyl groups is 5. The second-order valence-corrected chi connectivity index (χ2v) is 5.85. The van der Waals surface area contributed by atoms with E-state index in [4.69, 9.17) is 5.53 Å². The Morgan fingerprint density at radius 1 is 0.852 bits per heavy atom. The number of azide groups is 1. The lowest BCUT2D eigenvalue weighted by molar-refractivity contribution is -0.269. The molecule has 0 amide bonds. The van der Waals surface area contributed by atoms with Crippen molar-refractivity contribution in [1.29, 1.82) is 0 Å². The van der Waals surface area contributed by atoms with Gasteiger partial charge in [0, 0.05) is 11.8 Å². The average molecular weight is 389 g/mol. The molecule has 0 unspecified atom stereocenters. The molecule has 150 valence electrons. The molecule has 0 radical (unpaired) electrons. The van der Waals surface area contributed by atoms with Crippen LogP contribution in [0.25, 0.3) is 10.4 Å². The van der Waals surface area contributed by atoms with Crippen LogP contribution in [0, 0.1) is 0 Å². The van der Waals surface area contributed by atoms with Gasteiger partial charge >= 0.3 is 0 Å². The molecule has 0 spiro atoms. The monoisotopic (exact) mass is 389 g/mol. The van der Waals surface area contributed by atoms with Crippen LogP contribution in [0.3, 0.4) is 0 Å². The van der Waals surface area contributed by atoms with Crippen LogP contribution in [0.15, 0.2) is 5.11 Å². The van der Waals surface area contributed by atoms with Gasteiger partial charge in [0.15, 0.2) is 28.7 Å². The van der Waals surface area contributed by atoms with Crippen LogP contribution >= 0.6 is 0 Å². The van der Waals surface area contributed by atoms with Crippen molar-refractivity contribution in [3.63, 3.8) is 0 Å². The highest BCUT2D eigenvalue weighted by Gasteiger charge is 2.78. The summed E-state index contributed by atoms with van der Waals surface area (Å²) in [5.41, 5.74) is -7.62. The molecular formula is C14H19N3O10. The van der Waals surface area contributed by atoms with Gasteiger partial charge in [-0.15, -0.1) is 0 Å². The molecule has 0 aromatic rings. The Kier molecular flexibility index (Phi) is 6.89. The minimum atomic E-state index is -4.23. The van der Waals surface area contributed by atoms with Crippen molar-refractivity contribution in [2.24, 2.45) is 5.11 Å². The van der Waals surface area contributed by atoms with Crippen molar-refractivity contribution in [2.75, 3.05) is 6.61 Å². The summed E-state index contributed by atoms with van der Waals surface area (Å²) in [7, 11) is 0. The van der Waals surface area contributed by atoms with Gasteiger partial charge in [0.2, 0.25) is 22.7 Å². The molecule has 0 aromatic carbocycles. The first kappa shape index (κ1) is 24.5. The third kappa shape index (κ3) is 3.06. The first-order valence-corrected chi connectivity index (χ1v) is 7.21. The number of rotatable bonds is 10. The van der Waals surface area contributed by atoms with Crippen molar-refractivity contribution < 1.29 is 49.5 Å². The molecule has 0 saturated carbocycles. The van der Waals surface area contributed by atoms with Gasteiger partial charge in [-0.1, -0.05) is 5.11 Å². The quantitative estimate of drug-likeness (QED) is 0.0839. The van der Waals surface area contributed by atoms with Crippen LogP contribution in [-0.2, 0) is 24.0 Å². The Hall–Kier alpha value is -2.54. The number of hydrogen-bond acceptors (Lipinski definition) is 11. The van der Waals surface area contributed by atoms with Crippen LogP contribution in [0.1, 0.15) is 27.7 Å². The van der Waals surface area contributed by atoms with Crippen molar-refractivity contribution in [2.45, 2.75) is 50.2 Å². The fourth-order valence-electron chi connectivity index (χ4n) is 2.72. The topological polar surface area (TPSA) is 235 Å². The maximum atomic E-state index is 12.2. The number of carbonyl (C=O) groups excluding carboxylic acids is 5. The highest BCUT2D eigenvalue weighted by molar-refractivity contribution is 6.45. The van der Waals surface area contributed by atoms with E-state index in [-0.39, 0.29) is 0 Å². The van der Waals surface area contributed by atoms with E-state index in [0.717, 1.165) is 0 Å². The highest BCUT2D eigenvalue weighted by atomic mass is 16.4. The summed E-state index contributed by atoms with van der Waals surface area (Å²) < 4.78 is 0. The number of carbonyl (C=O) groups is 5. The highest BCUT2D eigenvalue weighted by Crippen LogP contribution is 2.43. The van der Waals surface area contributed by atoms with Gasteiger partial charge < -0.3 is 25.5 Å². The minimum Gasteiger partial charge on any atom is -0.393 e. The third-order valence-electron chi connectivity index (χ3n) is 4.23. The Balaban J connectivity index is 7.61. The van der Waals surface area contributed by atoms with Gasteiger partial charge in [-0.05, 0) is 26.3 Å². The van der Waals surface area contributed by atoms with Gasteiger partial charge in [0.1, 0.15) is 0 Å². The largest absolute Gasteiger partial charge is 0.393 e. The molecule has 0 aromatic heterocycles. The Bertz CT molecular complexity index is 760. The lowest BCUT2D eigenvalue weighted by atomic mass is 9.60. The average Bonchev–Trinajstić information content (AvgIpc) is 2.57. The van der Waals surface area contributed by atoms with E-state index in [9.17, 15) is 49.5 Å². The van der Waals surface area contributed by atoms with Gasteiger partial charge in [-0.25, -0.2) is 0 Å². The lowest BCUT2D eigenvalue weighted by Crippen LogP contribution is -2.84. The maximum Gasteiger partial charge on any atom is 0.240 e. The molecule has 27 heavy (non-hydrogen) atoms. The molecule has 4 atom stereocenters. The number of ketones is 5. The number of Topliss-reactive ketones (excluding diaryl/α,β-unsaturated/α-hetero) is 5. The predicted molar refractivity (Wildman–Crippen MR) is 83.8 cm³/mol. The zero-order valence-corrected chi connectivity index (χ0v) is 14.8. The summed E-state index contributed by atoms with van der Waals surface area (Å²) in [4.78, 5) is 62.0. The van der Waals surface area contributed by atoms with Gasteiger partial charge in [-0.2, -0.15) is 0 Å². The summed E-state index contributed by atoms with van der Waals surface area (Å²) in [5, 5.41) is 54.4. The first-order chi connectivity index (χ1) is 12.1. The van der Waals surface area contributed by atoms with Crippen LogP contribution in [-0.4, -0.2) is 83.6 Å². The van der Waals surface area contributed by atoms with Crippen molar-refractivity contribution >= 4 is 28.9 Å². The number of aliphatic hydroxyl groups excluding tert-OH is 1. The molecule has 13 nitrogen and oxygen atoms in total. The molecule has 5 N–H and O–H groups in total. The van der Waals surface area contributed by atoms with Gasteiger partial charge in [0.05, 0.1) is 6.61 Å². The summed E-state index contributed by atoms with van der Waals surface area (Å²) in [6.07, 6.45) is 0. The second kappa shape index (κ2) is 7.60. The summed E-state index contributed by atoms with van der Waals surface area (Å²) >= 11 is 0. The maximum absolute atomic E-state index is 12.2. The summed E-state index contributed by atoms with van der Waals surface area (Å²) in [5.74, 6) is -9.06. The molecule has 0 saturated heterocycles. The van der Waals surface area contributed by atoms with Crippen LogP contribution in [0.5, 0.6) is 0 Å². The molecule has 0 fully saturated rings. The standard InChI is InChI=1S/C14H19N3O10/c1-6(19)10(23)12(25,7(2)20)14(27,9(4)22)13(26,8(3)21)11(24,5-18)16-17-15/h18,24-27H,5H2,1-4H3/t11-,12+,13+,14-/m1/s1. The van der Waals surface area contributed by atoms with E-state index < -0.39 is 58.1 Å². The Morgan fingerprint density at radius 2 is 1.26 bits per heavy atom. The second-order valence-electron chi connectivity index (χ2n) is 5.85. The van der Waals surface area contributed by atoms with Crippen molar-refractivity contribution in [1.82, 2.24) is 0 Å². The van der Waals surface area contributed by atoms with Gasteiger partial charge in [0.25, 0.3) is 0 Å². The number of hydrogen-bond donors (Lipinski definition) is 5. The fourth-order valence-corrected chi connectivity index (χ4v) is 2.72. The van der Waals surface area contributed by atoms with E-state index in [1.165, 1.54) is 0 Å². The molecule has 0 aliphatic carbocycles. The lowest BCUT2D eigenvalue weighted by Gasteiger charge is -2.51. The summed E-state index contributed by atoms with van der Waals surface area (Å²) in [6, 6.07) is 0. The molecule has 0 aliphatic heterocycles. The van der Waals surface area contributed by atoms with Crippen LogP contribution in [0.2, 0.25) is 0 Å². The molecule has 0 rings (SSSR count). The Labute approximate surface area is 151 Å². The zero-order valence-electron chi connectivity index (χ0n) is 14.8. The van der Waals surface area contributed by atoms with E-state index >= 15 is 0 Å². The van der Waals surface area contributed by atoms with Crippen molar-refractivity contribution in [3.05, 3.63) is 10.4 Å². The fraction of sp³-hybridized carbons (Fsp3) is 0.643. The molecule has 13 heteroatoms. The van der Waals surface area contributed by atoms with Crippen molar-refractivity contribution in [3.8, 4) is 0 Å². The SMILES string of the molecule is CC(=O)C(=O)[C@@](O)(C(C)=O)[C@](O)(C(C)=O)[C@](O)(C(C)=O)[C@](O)(CO)N=[N+]=[N-]. The Morgan fingerprint density at radius 3 is 1.48 bits per heavy atom. The molecular weight excluding hydrogens is 370 g/mol. The van der Waals surface area contributed by atoms with E-state index in [1.807, 2.05) is 0 Å².